The predicted molar refractivity (Wildman–Crippen MR) is 78.5 cm³/mol. The molecule has 3 heteroatoms. The molecule has 0 unspecified atom stereocenters. The van der Waals surface area contributed by atoms with E-state index in [4.69, 9.17) is 0 Å². The molecule has 0 aliphatic heterocycles. The number of nitrogens with one attached hydrogen (secondary N) is 1. The molecule has 0 fully saturated rings. The Kier molecular flexibility index (Phi) is 4.85. The fourth-order valence-corrected chi connectivity index (χ4v) is 2.28. The van der Waals surface area contributed by atoms with E-state index < -0.39 is 11.6 Å². The van der Waals surface area contributed by atoms with Gasteiger partial charge in [-0.15, -0.1) is 0 Å². The molecule has 0 aromatic heterocycles. The van der Waals surface area contributed by atoms with Gasteiger partial charge in [-0.25, -0.2) is 8.78 Å². The minimum atomic E-state index is -0.548. The van der Waals surface area contributed by atoms with Crippen molar-refractivity contribution < 1.29 is 8.78 Å². The molecule has 106 valence electrons. The second-order valence-electron chi connectivity index (χ2n) is 4.98. The first kappa shape index (κ1) is 14.7. The van der Waals surface area contributed by atoms with Gasteiger partial charge in [-0.05, 0) is 54.3 Å². The Hall–Kier alpha value is -1.74. The molecule has 0 heterocycles. The highest BCUT2D eigenvalue weighted by Gasteiger charge is 2.06. The lowest BCUT2D eigenvalue weighted by Crippen LogP contribution is -2.13. The maximum atomic E-state index is 13.3. The summed E-state index contributed by atoms with van der Waals surface area (Å²) in [5, 5.41) is 3.34. The number of hydrogen-bond acceptors (Lipinski definition) is 1. The third-order valence-electron chi connectivity index (χ3n) is 3.22. The van der Waals surface area contributed by atoms with Gasteiger partial charge in [0.2, 0.25) is 0 Å². The zero-order chi connectivity index (χ0) is 14.5. The first-order valence-electron chi connectivity index (χ1n) is 6.87. The van der Waals surface area contributed by atoms with Crippen LogP contribution in [0.15, 0.2) is 36.4 Å². The molecule has 0 bridgehead atoms. The second-order valence-corrected chi connectivity index (χ2v) is 4.98. The van der Waals surface area contributed by atoms with Crippen LogP contribution in [0.1, 0.15) is 24.5 Å². The number of rotatable bonds is 5. The Bertz CT molecular complexity index is 573. The molecule has 0 atom stereocenters. The zero-order valence-electron chi connectivity index (χ0n) is 11.8. The molecule has 20 heavy (non-hydrogen) atoms. The fraction of sp³-hybridized carbons (Fsp3) is 0.294. The van der Waals surface area contributed by atoms with Gasteiger partial charge in [-0.1, -0.05) is 25.1 Å². The van der Waals surface area contributed by atoms with Gasteiger partial charge in [0.25, 0.3) is 0 Å². The van der Waals surface area contributed by atoms with Crippen LogP contribution < -0.4 is 5.32 Å². The molecule has 0 aliphatic carbocycles. The largest absolute Gasteiger partial charge is 0.313 e. The molecule has 2 rings (SSSR count). The average Bonchev–Trinajstić information content (AvgIpc) is 2.38. The summed E-state index contributed by atoms with van der Waals surface area (Å²) in [6.07, 6.45) is 1.10. The minimum absolute atomic E-state index is 0.548. The van der Waals surface area contributed by atoms with Crippen LogP contribution in [0.2, 0.25) is 0 Å². The Balaban J connectivity index is 2.25. The molecular weight excluding hydrogens is 256 g/mol. The molecule has 0 spiro atoms. The first-order chi connectivity index (χ1) is 9.60. The van der Waals surface area contributed by atoms with E-state index in [9.17, 15) is 8.78 Å². The second kappa shape index (κ2) is 6.62. The van der Waals surface area contributed by atoms with Gasteiger partial charge in [-0.2, -0.15) is 0 Å². The van der Waals surface area contributed by atoms with Gasteiger partial charge >= 0.3 is 0 Å². The number of benzene rings is 2. The van der Waals surface area contributed by atoms with Crippen LogP contribution in [0.5, 0.6) is 0 Å². The lowest BCUT2D eigenvalue weighted by molar-refractivity contribution is 0.584. The highest BCUT2D eigenvalue weighted by atomic mass is 19.1. The highest BCUT2D eigenvalue weighted by Crippen LogP contribution is 2.26. The maximum absolute atomic E-state index is 13.3. The summed E-state index contributed by atoms with van der Waals surface area (Å²) in [6.45, 7) is 5.88. The third-order valence-corrected chi connectivity index (χ3v) is 3.22. The van der Waals surface area contributed by atoms with Crippen molar-refractivity contribution in [3.05, 3.63) is 59.2 Å². The van der Waals surface area contributed by atoms with Gasteiger partial charge in [-0.3, -0.25) is 0 Å². The van der Waals surface area contributed by atoms with Crippen molar-refractivity contribution in [2.45, 2.75) is 26.8 Å². The van der Waals surface area contributed by atoms with E-state index in [0.29, 0.717) is 5.56 Å². The topological polar surface area (TPSA) is 12.0 Å². The molecule has 1 nitrogen and oxygen atoms in total. The van der Waals surface area contributed by atoms with Crippen LogP contribution in [0.25, 0.3) is 11.1 Å². The van der Waals surface area contributed by atoms with Crippen LogP contribution in [0.3, 0.4) is 0 Å². The molecular formula is C17H19F2N. The van der Waals surface area contributed by atoms with E-state index in [-0.39, 0.29) is 0 Å². The van der Waals surface area contributed by atoms with E-state index >= 15 is 0 Å². The van der Waals surface area contributed by atoms with Crippen LogP contribution >= 0.6 is 0 Å². The summed E-state index contributed by atoms with van der Waals surface area (Å²) in [6, 6.07) is 9.59. The van der Waals surface area contributed by atoms with Gasteiger partial charge < -0.3 is 5.32 Å². The molecule has 2 aromatic rings. The Morgan fingerprint density at radius 2 is 1.70 bits per heavy atom. The molecule has 0 amide bonds. The summed E-state index contributed by atoms with van der Waals surface area (Å²) in [5.41, 5.74) is 3.64. The van der Waals surface area contributed by atoms with Crippen molar-refractivity contribution in [3.8, 4) is 11.1 Å². The fourth-order valence-electron chi connectivity index (χ4n) is 2.28. The number of halogens is 2. The SMILES string of the molecule is CCCNCc1ccc(-c2cc(F)cc(F)c2)c(C)c1. The van der Waals surface area contributed by atoms with Crippen molar-refractivity contribution in [3.63, 3.8) is 0 Å². The Labute approximate surface area is 118 Å². The Morgan fingerprint density at radius 1 is 1.00 bits per heavy atom. The van der Waals surface area contributed by atoms with Gasteiger partial charge in [0.15, 0.2) is 0 Å². The molecule has 1 N–H and O–H groups in total. The van der Waals surface area contributed by atoms with E-state index in [2.05, 4.69) is 18.3 Å². The van der Waals surface area contributed by atoms with Crippen molar-refractivity contribution >= 4 is 0 Å². The normalized spacial score (nSPS) is 10.8. The van der Waals surface area contributed by atoms with Gasteiger partial charge in [0.1, 0.15) is 11.6 Å². The van der Waals surface area contributed by atoms with Crippen LogP contribution in [-0.2, 0) is 6.54 Å². The van der Waals surface area contributed by atoms with E-state index in [1.54, 1.807) is 0 Å². The van der Waals surface area contributed by atoms with Gasteiger partial charge in [0.05, 0.1) is 0 Å². The smallest absolute Gasteiger partial charge is 0.126 e. The molecule has 0 saturated carbocycles. The van der Waals surface area contributed by atoms with E-state index in [1.165, 1.54) is 17.7 Å². The molecule has 0 aliphatic rings. The lowest BCUT2D eigenvalue weighted by atomic mass is 9.98. The maximum Gasteiger partial charge on any atom is 0.126 e. The highest BCUT2D eigenvalue weighted by molar-refractivity contribution is 5.67. The van der Waals surface area contributed by atoms with Gasteiger partial charge in [0, 0.05) is 12.6 Å². The van der Waals surface area contributed by atoms with Crippen molar-refractivity contribution in [2.24, 2.45) is 0 Å². The summed E-state index contributed by atoms with van der Waals surface area (Å²) >= 11 is 0. The van der Waals surface area contributed by atoms with Crippen molar-refractivity contribution in [1.29, 1.82) is 0 Å². The molecule has 0 saturated heterocycles. The third kappa shape index (κ3) is 3.64. The summed E-state index contributed by atoms with van der Waals surface area (Å²) in [7, 11) is 0. The monoisotopic (exact) mass is 275 g/mol. The van der Waals surface area contributed by atoms with E-state index in [0.717, 1.165) is 36.7 Å². The predicted octanol–water partition coefficient (Wildman–Crippen LogP) is 4.44. The quantitative estimate of drug-likeness (QED) is 0.795. The van der Waals surface area contributed by atoms with Crippen molar-refractivity contribution in [2.75, 3.05) is 6.54 Å². The number of hydrogen-bond donors (Lipinski definition) is 1. The van der Waals surface area contributed by atoms with Crippen LogP contribution in [0, 0.1) is 18.6 Å². The van der Waals surface area contributed by atoms with Crippen LogP contribution in [0.4, 0.5) is 8.78 Å². The Morgan fingerprint density at radius 3 is 2.30 bits per heavy atom. The summed E-state index contributed by atoms with van der Waals surface area (Å²) in [4.78, 5) is 0. The average molecular weight is 275 g/mol. The summed E-state index contributed by atoms with van der Waals surface area (Å²) in [5.74, 6) is -1.10. The van der Waals surface area contributed by atoms with E-state index in [1.807, 2.05) is 19.1 Å². The molecule has 0 radical (unpaired) electrons. The minimum Gasteiger partial charge on any atom is -0.313 e. The summed E-state index contributed by atoms with van der Waals surface area (Å²) < 4.78 is 26.6. The number of aryl methyl sites for hydroxylation is 1. The van der Waals surface area contributed by atoms with Crippen LogP contribution in [-0.4, -0.2) is 6.54 Å². The standard InChI is InChI=1S/C17H19F2N/c1-3-6-20-11-13-4-5-17(12(2)7-13)14-8-15(18)10-16(19)9-14/h4-5,7-10,20H,3,6,11H2,1-2H3. The lowest BCUT2D eigenvalue weighted by Gasteiger charge is -2.10. The molecule has 2 aromatic carbocycles. The zero-order valence-corrected chi connectivity index (χ0v) is 11.8. The van der Waals surface area contributed by atoms with Crippen molar-refractivity contribution in [1.82, 2.24) is 5.32 Å². The first-order valence-corrected chi connectivity index (χ1v) is 6.87.